The predicted molar refractivity (Wildman–Crippen MR) is 73.3 cm³/mol. The topological polar surface area (TPSA) is 21.3 Å². The lowest BCUT2D eigenvalue weighted by molar-refractivity contribution is 0.0159. The Morgan fingerprint density at radius 2 is 1.82 bits per heavy atom. The van der Waals surface area contributed by atoms with Crippen LogP contribution in [0.4, 0.5) is 0 Å². The van der Waals surface area contributed by atoms with E-state index in [9.17, 15) is 0 Å². The van der Waals surface area contributed by atoms with E-state index in [1.54, 1.807) is 7.11 Å². The van der Waals surface area contributed by atoms with Crippen molar-refractivity contribution in [1.82, 2.24) is 5.32 Å². The highest BCUT2D eigenvalue weighted by molar-refractivity contribution is 5.14. The zero-order valence-corrected chi connectivity index (χ0v) is 11.3. The lowest BCUT2D eigenvalue weighted by atomic mass is 10.1. The van der Waals surface area contributed by atoms with E-state index in [4.69, 9.17) is 4.74 Å². The van der Waals surface area contributed by atoms with E-state index < -0.39 is 0 Å². The van der Waals surface area contributed by atoms with Crippen LogP contribution < -0.4 is 5.32 Å². The van der Waals surface area contributed by atoms with Gasteiger partial charge in [-0.1, -0.05) is 30.3 Å². The molecule has 0 aliphatic carbocycles. The van der Waals surface area contributed by atoms with Gasteiger partial charge in [-0.25, -0.2) is 0 Å². The molecule has 96 valence electrons. The van der Waals surface area contributed by atoms with Crippen molar-refractivity contribution in [2.75, 3.05) is 20.2 Å². The normalized spacial score (nSPS) is 11.7. The molecular formula is C15H25NO. The van der Waals surface area contributed by atoms with Gasteiger partial charge < -0.3 is 10.1 Å². The predicted octanol–water partition coefficient (Wildman–Crippen LogP) is 3.02. The van der Waals surface area contributed by atoms with Gasteiger partial charge in [-0.2, -0.15) is 0 Å². The second-order valence-electron chi connectivity index (χ2n) is 5.05. The molecule has 0 saturated carbocycles. The van der Waals surface area contributed by atoms with Crippen LogP contribution in [-0.2, 0) is 11.2 Å². The quantitative estimate of drug-likeness (QED) is 0.699. The summed E-state index contributed by atoms with van der Waals surface area (Å²) in [5.74, 6) is 0. The minimum Gasteiger partial charge on any atom is -0.379 e. The van der Waals surface area contributed by atoms with Crippen molar-refractivity contribution < 1.29 is 4.74 Å². The fraction of sp³-hybridized carbons (Fsp3) is 0.600. The van der Waals surface area contributed by atoms with Gasteiger partial charge in [-0.05, 0) is 51.8 Å². The summed E-state index contributed by atoms with van der Waals surface area (Å²) in [7, 11) is 1.77. The van der Waals surface area contributed by atoms with Crippen LogP contribution in [0.2, 0.25) is 0 Å². The number of aryl methyl sites for hydroxylation is 1. The average Bonchev–Trinajstić information content (AvgIpc) is 2.35. The van der Waals surface area contributed by atoms with E-state index in [0.717, 1.165) is 25.9 Å². The number of hydrogen-bond acceptors (Lipinski definition) is 2. The minimum atomic E-state index is -0.00751. The number of nitrogens with one attached hydrogen (secondary N) is 1. The van der Waals surface area contributed by atoms with E-state index in [-0.39, 0.29) is 5.60 Å². The van der Waals surface area contributed by atoms with Crippen molar-refractivity contribution in [1.29, 1.82) is 0 Å². The van der Waals surface area contributed by atoms with Crippen LogP contribution >= 0.6 is 0 Å². The fourth-order valence-electron chi connectivity index (χ4n) is 1.68. The number of ether oxygens (including phenoxy) is 1. The van der Waals surface area contributed by atoms with Crippen LogP contribution in [0.5, 0.6) is 0 Å². The van der Waals surface area contributed by atoms with Crippen LogP contribution in [0.1, 0.15) is 32.3 Å². The molecule has 0 fully saturated rings. The highest BCUT2D eigenvalue weighted by Gasteiger charge is 2.14. The largest absolute Gasteiger partial charge is 0.379 e. The van der Waals surface area contributed by atoms with Crippen LogP contribution in [0.3, 0.4) is 0 Å². The van der Waals surface area contributed by atoms with E-state index >= 15 is 0 Å². The first-order valence-electron chi connectivity index (χ1n) is 6.44. The molecule has 0 saturated heterocycles. The third-order valence-corrected chi connectivity index (χ3v) is 3.12. The third-order valence-electron chi connectivity index (χ3n) is 3.12. The second-order valence-corrected chi connectivity index (χ2v) is 5.05. The van der Waals surface area contributed by atoms with Crippen molar-refractivity contribution in [3.63, 3.8) is 0 Å². The molecule has 2 heteroatoms. The van der Waals surface area contributed by atoms with E-state index in [2.05, 4.69) is 49.5 Å². The fourth-order valence-corrected chi connectivity index (χ4v) is 1.68. The summed E-state index contributed by atoms with van der Waals surface area (Å²) in [5, 5.41) is 3.47. The van der Waals surface area contributed by atoms with E-state index in [1.807, 2.05) is 0 Å². The molecule has 1 aromatic rings. The Balaban J connectivity index is 2.02. The highest BCUT2D eigenvalue weighted by atomic mass is 16.5. The first kappa shape index (κ1) is 14.2. The number of hydrogen-bond donors (Lipinski definition) is 1. The Morgan fingerprint density at radius 3 is 2.47 bits per heavy atom. The Hall–Kier alpha value is -0.860. The molecule has 0 bridgehead atoms. The molecule has 0 radical (unpaired) electrons. The van der Waals surface area contributed by atoms with Gasteiger partial charge in [0.2, 0.25) is 0 Å². The average molecular weight is 235 g/mol. The van der Waals surface area contributed by atoms with Crippen LogP contribution in [0, 0.1) is 0 Å². The summed E-state index contributed by atoms with van der Waals surface area (Å²) in [5.41, 5.74) is 1.42. The lowest BCUT2D eigenvalue weighted by Crippen LogP contribution is -2.29. The van der Waals surface area contributed by atoms with Crippen molar-refractivity contribution in [2.45, 2.75) is 38.7 Å². The zero-order valence-electron chi connectivity index (χ0n) is 11.3. The van der Waals surface area contributed by atoms with Crippen molar-refractivity contribution >= 4 is 0 Å². The molecule has 0 aliphatic rings. The van der Waals surface area contributed by atoms with Gasteiger partial charge in [0.25, 0.3) is 0 Å². The molecule has 0 spiro atoms. The smallest absolute Gasteiger partial charge is 0.0634 e. The zero-order chi connectivity index (χ0) is 12.6. The molecule has 2 nitrogen and oxygen atoms in total. The van der Waals surface area contributed by atoms with E-state index in [0.29, 0.717) is 0 Å². The first-order chi connectivity index (χ1) is 8.14. The molecule has 1 rings (SSSR count). The molecule has 17 heavy (non-hydrogen) atoms. The van der Waals surface area contributed by atoms with Gasteiger partial charge in [0.15, 0.2) is 0 Å². The summed E-state index contributed by atoms with van der Waals surface area (Å²) in [4.78, 5) is 0. The summed E-state index contributed by atoms with van der Waals surface area (Å²) in [6.07, 6.45) is 3.40. The van der Waals surface area contributed by atoms with E-state index in [1.165, 1.54) is 12.0 Å². The lowest BCUT2D eigenvalue weighted by Gasteiger charge is -2.22. The number of rotatable bonds is 8. The molecule has 1 aromatic carbocycles. The first-order valence-corrected chi connectivity index (χ1v) is 6.44. The maximum absolute atomic E-state index is 5.37. The maximum Gasteiger partial charge on any atom is 0.0634 e. The molecule has 0 amide bonds. The SMILES string of the molecule is COC(C)(C)CCNCCCc1ccccc1. The Bertz CT molecular complexity index is 295. The Labute approximate surface area is 105 Å². The Morgan fingerprint density at radius 1 is 1.12 bits per heavy atom. The van der Waals surface area contributed by atoms with Gasteiger partial charge in [0.1, 0.15) is 0 Å². The van der Waals surface area contributed by atoms with Gasteiger partial charge in [0, 0.05) is 7.11 Å². The molecular weight excluding hydrogens is 210 g/mol. The standard InChI is InChI=1S/C15H25NO/c1-15(2,17-3)11-13-16-12-7-10-14-8-5-4-6-9-14/h4-6,8-9,16H,7,10-13H2,1-3H3. The molecule has 0 atom stereocenters. The van der Waals surface area contributed by atoms with Crippen molar-refractivity contribution in [3.05, 3.63) is 35.9 Å². The molecule has 0 heterocycles. The van der Waals surface area contributed by atoms with Gasteiger partial charge >= 0.3 is 0 Å². The molecule has 0 aliphatic heterocycles. The summed E-state index contributed by atoms with van der Waals surface area (Å²) in [6, 6.07) is 10.6. The van der Waals surface area contributed by atoms with Gasteiger partial charge in [-0.15, -0.1) is 0 Å². The molecule has 0 unspecified atom stereocenters. The second kappa shape index (κ2) is 7.46. The maximum atomic E-state index is 5.37. The minimum absolute atomic E-state index is 0.00751. The summed E-state index contributed by atoms with van der Waals surface area (Å²) < 4.78 is 5.37. The van der Waals surface area contributed by atoms with Crippen molar-refractivity contribution in [3.8, 4) is 0 Å². The monoisotopic (exact) mass is 235 g/mol. The molecule has 1 N–H and O–H groups in total. The van der Waals surface area contributed by atoms with Gasteiger partial charge in [0.05, 0.1) is 5.60 Å². The van der Waals surface area contributed by atoms with Gasteiger partial charge in [-0.3, -0.25) is 0 Å². The summed E-state index contributed by atoms with van der Waals surface area (Å²) in [6.45, 7) is 6.35. The number of methoxy groups -OCH3 is 1. The summed E-state index contributed by atoms with van der Waals surface area (Å²) >= 11 is 0. The Kier molecular flexibility index (Phi) is 6.23. The number of benzene rings is 1. The third kappa shape index (κ3) is 6.44. The van der Waals surface area contributed by atoms with Crippen molar-refractivity contribution in [2.24, 2.45) is 0 Å². The molecule has 0 aromatic heterocycles. The van der Waals surface area contributed by atoms with Crippen LogP contribution in [-0.4, -0.2) is 25.8 Å². The van der Waals surface area contributed by atoms with Crippen LogP contribution in [0.25, 0.3) is 0 Å². The van der Waals surface area contributed by atoms with Crippen LogP contribution in [0.15, 0.2) is 30.3 Å². The highest BCUT2D eigenvalue weighted by Crippen LogP contribution is 2.11.